The Balaban J connectivity index is 2.30. The predicted octanol–water partition coefficient (Wildman–Crippen LogP) is 1.11. The SMILES string of the molecule is C#CC1=NN(c2ccc(C(=O)O)cc2)C(=O)C1. The van der Waals surface area contributed by atoms with Crippen molar-refractivity contribution in [3.8, 4) is 12.3 Å². The third-order valence-corrected chi connectivity index (χ3v) is 2.30. The van der Waals surface area contributed by atoms with Crippen LogP contribution in [0.5, 0.6) is 0 Å². The Hall–Kier alpha value is -2.61. The summed E-state index contributed by atoms with van der Waals surface area (Å²) in [6.07, 6.45) is 5.27. The van der Waals surface area contributed by atoms with Crippen LogP contribution in [0.3, 0.4) is 0 Å². The molecule has 0 aliphatic carbocycles. The largest absolute Gasteiger partial charge is 0.478 e. The molecule has 84 valence electrons. The minimum absolute atomic E-state index is 0.108. The fourth-order valence-electron chi connectivity index (χ4n) is 1.46. The number of carbonyl (C=O) groups is 2. The second kappa shape index (κ2) is 4.10. The lowest BCUT2D eigenvalue weighted by Crippen LogP contribution is -2.19. The highest BCUT2D eigenvalue weighted by Crippen LogP contribution is 2.20. The summed E-state index contributed by atoms with van der Waals surface area (Å²) < 4.78 is 0. The fraction of sp³-hybridized carbons (Fsp3) is 0.0833. The van der Waals surface area contributed by atoms with Gasteiger partial charge in [0.1, 0.15) is 5.71 Å². The van der Waals surface area contributed by atoms with E-state index >= 15 is 0 Å². The summed E-state index contributed by atoms with van der Waals surface area (Å²) in [5.41, 5.74) is 1.03. The number of terminal acetylenes is 1. The molecule has 1 N–H and O–H groups in total. The fourth-order valence-corrected chi connectivity index (χ4v) is 1.46. The van der Waals surface area contributed by atoms with Crippen molar-refractivity contribution < 1.29 is 14.7 Å². The predicted molar refractivity (Wildman–Crippen MR) is 61.8 cm³/mol. The number of amides is 1. The van der Waals surface area contributed by atoms with E-state index < -0.39 is 5.97 Å². The van der Waals surface area contributed by atoms with Gasteiger partial charge in [0.25, 0.3) is 5.91 Å². The molecular formula is C12H8N2O3. The van der Waals surface area contributed by atoms with Crippen LogP contribution >= 0.6 is 0 Å². The highest BCUT2D eigenvalue weighted by atomic mass is 16.4. The number of rotatable bonds is 2. The topological polar surface area (TPSA) is 70.0 Å². The second-order valence-electron chi connectivity index (χ2n) is 3.43. The van der Waals surface area contributed by atoms with E-state index in [0.29, 0.717) is 11.4 Å². The average molecular weight is 228 g/mol. The van der Waals surface area contributed by atoms with E-state index in [0.717, 1.165) is 0 Å². The molecule has 0 atom stereocenters. The third-order valence-electron chi connectivity index (χ3n) is 2.30. The van der Waals surface area contributed by atoms with Gasteiger partial charge >= 0.3 is 5.97 Å². The number of hydrogen-bond donors (Lipinski definition) is 1. The van der Waals surface area contributed by atoms with E-state index in [4.69, 9.17) is 11.5 Å². The van der Waals surface area contributed by atoms with Gasteiger partial charge in [-0.3, -0.25) is 4.79 Å². The van der Waals surface area contributed by atoms with Crippen LogP contribution in [0.15, 0.2) is 29.4 Å². The Labute approximate surface area is 97.4 Å². The Kier molecular flexibility index (Phi) is 2.63. The van der Waals surface area contributed by atoms with Gasteiger partial charge in [0.05, 0.1) is 17.7 Å². The van der Waals surface area contributed by atoms with Crippen LogP contribution < -0.4 is 5.01 Å². The lowest BCUT2D eigenvalue weighted by atomic mass is 10.2. The maximum atomic E-state index is 11.6. The van der Waals surface area contributed by atoms with Crippen LogP contribution in [0.1, 0.15) is 16.8 Å². The Morgan fingerprint density at radius 3 is 2.53 bits per heavy atom. The number of hydrogen-bond acceptors (Lipinski definition) is 3. The first-order valence-electron chi connectivity index (χ1n) is 4.82. The third kappa shape index (κ3) is 2.01. The van der Waals surface area contributed by atoms with E-state index in [9.17, 15) is 9.59 Å². The van der Waals surface area contributed by atoms with Crippen LogP contribution in [-0.2, 0) is 4.79 Å². The van der Waals surface area contributed by atoms with E-state index in [1.54, 1.807) is 0 Å². The summed E-state index contributed by atoms with van der Waals surface area (Å²) in [5, 5.41) is 13.9. The van der Waals surface area contributed by atoms with Crippen molar-refractivity contribution in [2.75, 3.05) is 5.01 Å². The van der Waals surface area contributed by atoms with Gasteiger partial charge in [-0.25, -0.2) is 4.79 Å². The van der Waals surface area contributed by atoms with Crippen LogP contribution in [0.25, 0.3) is 0 Å². The lowest BCUT2D eigenvalue weighted by Gasteiger charge is -2.11. The highest BCUT2D eigenvalue weighted by molar-refractivity contribution is 6.19. The van der Waals surface area contributed by atoms with Gasteiger partial charge < -0.3 is 5.11 Å². The molecule has 1 amide bonds. The average Bonchev–Trinajstić information content (AvgIpc) is 2.71. The van der Waals surface area contributed by atoms with Crippen molar-refractivity contribution in [3.05, 3.63) is 29.8 Å². The van der Waals surface area contributed by atoms with Gasteiger partial charge in [-0.2, -0.15) is 10.1 Å². The molecule has 0 fully saturated rings. The summed E-state index contributed by atoms with van der Waals surface area (Å²) in [4.78, 5) is 22.2. The maximum absolute atomic E-state index is 11.6. The first kappa shape index (κ1) is 10.9. The first-order chi connectivity index (χ1) is 8.11. The van der Waals surface area contributed by atoms with Crippen molar-refractivity contribution in [2.24, 2.45) is 5.10 Å². The number of hydrazone groups is 1. The molecule has 1 heterocycles. The summed E-state index contributed by atoms with van der Waals surface area (Å²) >= 11 is 0. The van der Waals surface area contributed by atoms with Crippen LogP contribution in [0.4, 0.5) is 5.69 Å². The molecule has 17 heavy (non-hydrogen) atoms. The molecule has 2 rings (SSSR count). The van der Waals surface area contributed by atoms with Gasteiger partial charge in [-0.05, 0) is 24.3 Å². The molecule has 5 heteroatoms. The number of nitrogens with zero attached hydrogens (tertiary/aromatic N) is 2. The minimum Gasteiger partial charge on any atom is -0.478 e. The summed E-state index contributed by atoms with van der Waals surface area (Å²) in [5.74, 6) is 1.08. The molecule has 0 aromatic heterocycles. The molecule has 0 unspecified atom stereocenters. The molecule has 5 nitrogen and oxygen atoms in total. The quantitative estimate of drug-likeness (QED) is 0.771. The summed E-state index contributed by atoms with van der Waals surface area (Å²) in [6.45, 7) is 0. The Morgan fingerprint density at radius 1 is 1.41 bits per heavy atom. The molecule has 1 aromatic carbocycles. The normalized spacial score (nSPS) is 14.4. The van der Waals surface area contributed by atoms with E-state index in [1.807, 2.05) is 0 Å². The van der Waals surface area contributed by atoms with Gasteiger partial charge in [0, 0.05) is 0 Å². The van der Waals surface area contributed by atoms with E-state index in [-0.39, 0.29) is 17.9 Å². The van der Waals surface area contributed by atoms with Crippen molar-refractivity contribution in [1.29, 1.82) is 0 Å². The number of carbonyl (C=O) groups excluding carboxylic acids is 1. The van der Waals surface area contributed by atoms with Crippen LogP contribution in [-0.4, -0.2) is 22.7 Å². The maximum Gasteiger partial charge on any atom is 0.335 e. The molecule has 1 aromatic rings. The number of carboxylic acid groups (broad SMARTS) is 1. The summed E-state index contributed by atoms with van der Waals surface area (Å²) in [7, 11) is 0. The lowest BCUT2D eigenvalue weighted by molar-refractivity contribution is -0.116. The Bertz CT molecular complexity index is 552. The molecular weight excluding hydrogens is 220 g/mol. The zero-order valence-electron chi connectivity index (χ0n) is 8.75. The second-order valence-corrected chi connectivity index (χ2v) is 3.43. The molecule has 0 saturated carbocycles. The molecule has 1 aliphatic heterocycles. The highest BCUT2D eigenvalue weighted by Gasteiger charge is 2.24. The zero-order chi connectivity index (χ0) is 12.4. The number of benzene rings is 1. The van der Waals surface area contributed by atoms with Crippen molar-refractivity contribution in [2.45, 2.75) is 6.42 Å². The van der Waals surface area contributed by atoms with Gasteiger partial charge in [0.15, 0.2) is 0 Å². The van der Waals surface area contributed by atoms with Crippen molar-refractivity contribution in [1.82, 2.24) is 0 Å². The first-order valence-corrected chi connectivity index (χ1v) is 4.82. The zero-order valence-corrected chi connectivity index (χ0v) is 8.75. The Morgan fingerprint density at radius 2 is 2.06 bits per heavy atom. The number of anilines is 1. The van der Waals surface area contributed by atoms with Crippen molar-refractivity contribution >= 4 is 23.3 Å². The molecule has 0 radical (unpaired) electrons. The van der Waals surface area contributed by atoms with Crippen LogP contribution in [0.2, 0.25) is 0 Å². The van der Waals surface area contributed by atoms with E-state index in [2.05, 4.69) is 11.0 Å². The molecule has 1 aliphatic rings. The molecule has 0 saturated heterocycles. The van der Waals surface area contributed by atoms with E-state index in [1.165, 1.54) is 29.3 Å². The molecule has 0 spiro atoms. The monoisotopic (exact) mass is 228 g/mol. The van der Waals surface area contributed by atoms with Crippen LogP contribution in [0, 0.1) is 12.3 Å². The van der Waals surface area contributed by atoms with Gasteiger partial charge in [-0.15, -0.1) is 6.42 Å². The number of aromatic carboxylic acids is 1. The van der Waals surface area contributed by atoms with Gasteiger partial charge in [-0.1, -0.05) is 5.92 Å². The smallest absolute Gasteiger partial charge is 0.335 e. The van der Waals surface area contributed by atoms with Gasteiger partial charge in [0.2, 0.25) is 0 Å². The standard InChI is InChI=1S/C12H8N2O3/c1-2-9-7-11(15)14(13-9)10-5-3-8(4-6-10)12(16)17/h1,3-6H,7H2,(H,16,17). The molecule has 0 bridgehead atoms. The summed E-state index contributed by atoms with van der Waals surface area (Å²) in [6, 6.07) is 5.86. The minimum atomic E-state index is -1.02. The van der Waals surface area contributed by atoms with Crippen molar-refractivity contribution in [3.63, 3.8) is 0 Å². The number of carboxylic acids is 1.